The molecule has 0 amide bonds. The van der Waals surface area contributed by atoms with E-state index in [1.54, 1.807) is 13.0 Å². The Labute approximate surface area is 68.8 Å². The van der Waals surface area contributed by atoms with Crippen LogP contribution in [0.25, 0.3) is 0 Å². The normalized spacial score (nSPS) is 9.64. The van der Waals surface area contributed by atoms with Crippen molar-refractivity contribution in [2.75, 3.05) is 0 Å². The molecule has 1 radical (unpaired) electrons. The highest BCUT2D eigenvalue weighted by Gasteiger charge is 2.14. The van der Waals surface area contributed by atoms with E-state index in [1.807, 2.05) is 0 Å². The van der Waals surface area contributed by atoms with Gasteiger partial charge in [0.1, 0.15) is 5.02 Å². The van der Waals surface area contributed by atoms with Crippen molar-refractivity contribution in [2.45, 2.75) is 6.92 Å². The van der Waals surface area contributed by atoms with Crippen LogP contribution in [0.5, 0.6) is 0 Å². The first-order chi connectivity index (χ1) is 5.13. The van der Waals surface area contributed by atoms with Crippen molar-refractivity contribution in [1.82, 2.24) is 0 Å². The maximum Gasteiger partial charge on any atom is 0.291 e. The molecule has 0 aliphatic rings. The minimum absolute atomic E-state index is 0.0610. The minimum atomic E-state index is -0.506. The second-order valence-corrected chi connectivity index (χ2v) is 2.46. The van der Waals surface area contributed by atoms with Crippen molar-refractivity contribution >= 4 is 17.3 Å². The lowest BCUT2D eigenvalue weighted by Gasteiger charge is -1.96. The summed E-state index contributed by atoms with van der Waals surface area (Å²) in [6.07, 6.45) is 0. The van der Waals surface area contributed by atoms with Crippen LogP contribution in [-0.2, 0) is 0 Å². The Morgan fingerprint density at radius 3 is 2.73 bits per heavy atom. The molecule has 0 aliphatic heterocycles. The summed E-state index contributed by atoms with van der Waals surface area (Å²) >= 11 is 5.56. The third-order valence-electron chi connectivity index (χ3n) is 1.29. The maximum absolute atomic E-state index is 10.3. The van der Waals surface area contributed by atoms with Gasteiger partial charge < -0.3 is 0 Å². The summed E-state index contributed by atoms with van der Waals surface area (Å²) in [5.41, 5.74) is 0.400. The topological polar surface area (TPSA) is 43.1 Å². The number of nitrogens with zero attached hydrogens (tertiary/aromatic N) is 1. The fraction of sp³-hybridized carbons (Fsp3) is 0.143. The van der Waals surface area contributed by atoms with Crippen LogP contribution < -0.4 is 0 Å². The lowest BCUT2D eigenvalue weighted by Crippen LogP contribution is -1.91. The first kappa shape index (κ1) is 8.01. The minimum Gasteiger partial charge on any atom is -0.258 e. The van der Waals surface area contributed by atoms with E-state index in [0.29, 0.717) is 5.56 Å². The molecule has 0 aliphatic carbocycles. The van der Waals surface area contributed by atoms with Crippen LogP contribution in [0.3, 0.4) is 0 Å². The van der Waals surface area contributed by atoms with Crippen LogP contribution in [0.2, 0.25) is 5.02 Å². The van der Waals surface area contributed by atoms with E-state index >= 15 is 0 Å². The zero-order chi connectivity index (χ0) is 8.43. The number of hydrogen-bond donors (Lipinski definition) is 0. The Balaban J connectivity index is 3.32. The van der Waals surface area contributed by atoms with Gasteiger partial charge in [0.15, 0.2) is 0 Å². The summed E-state index contributed by atoms with van der Waals surface area (Å²) in [6.45, 7) is 1.60. The van der Waals surface area contributed by atoms with Gasteiger partial charge in [-0.05, 0) is 19.1 Å². The SMILES string of the molecule is Cc1[c]ccc(Cl)c1[N+](=O)[O-]. The number of nitro groups is 1. The molecule has 57 valence electrons. The van der Waals surface area contributed by atoms with E-state index < -0.39 is 4.92 Å². The summed E-state index contributed by atoms with van der Waals surface area (Å²) in [6, 6.07) is 5.71. The molecule has 0 saturated carbocycles. The Bertz CT molecular complexity index is 278. The van der Waals surface area contributed by atoms with Crippen molar-refractivity contribution in [3.8, 4) is 0 Å². The lowest BCUT2D eigenvalue weighted by atomic mass is 10.2. The molecule has 0 aromatic heterocycles. The molecule has 11 heavy (non-hydrogen) atoms. The van der Waals surface area contributed by atoms with E-state index in [0.717, 1.165) is 0 Å². The van der Waals surface area contributed by atoms with Gasteiger partial charge in [0.25, 0.3) is 5.69 Å². The van der Waals surface area contributed by atoms with Crippen molar-refractivity contribution in [1.29, 1.82) is 0 Å². The number of rotatable bonds is 1. The largest absolute Gasteiger partial charge is 0.291 e. The Morgan fingerprint density at radius 1 is 1.73 bits per heavy atom. The lowest BCUT2D eigenvalue weighted by molar-refractivity contribution is -0.385. The number of hydrogen-bond acceptors (Lipinski definition) is 2. The van der Waals surface area contributed by atoms with Gasteiger partial charge in [-0.2, -0.15) is 0 Å². The van der Waals surface area contributed by atoms with Crippen LogP contribution in [0.4, 0.5) is 5.69 Å². The summed E-state index contributed by atoms with van der Waals surface area (Å²) in [5.74, 6) is 0. The van der Waals surface area contributed by atoms with Gasteiger partial charge in [-0.3, -0.25) is 10.1 Å². The molecular formula is C7H5ClNO2. The zero-order valence-electron chi connectivity index (χ0n) is 5.80. The third-order valence-corrected chi connectivity index (χ3v) is 1.60. The smallest absolute Gasteiger partial charge is 0.258 e. The Hall–Kier alpha value is -1.09. The first-order valence-corrected chi connectivity index (χ1v) is 3.32. The van der Waals surface area contributed by atoms with Crippen molar-refractivity contribution < 1.29 is 4.92 Å². The van der Waals surface area contributed by atoms with E-state index in [4.69, 9.17) is 11.6 Å². The van der Waals surface area contributed by atoms with Gasteiger partial charge in [0.2, 0.25) is 0 Å². The molecule has 0 spiro atoms. The summed E-state index contributed by atoms with van der Waals surface area (Å²) < 4.78 is 0. The molecule has 0 N–H and O–H groups in total. The molecule has 0 fully saturated rings. The molecule has 0 unspecified atom stereocenters. The molecule has 1 aromatic carbocycles. The molecule has 4 heteroatoms. The van der Waals surface area contributed by atoms with Crippen LogP contribution in [0, 0.1) is 23.1 Å². The van der Waals surface area contributed by atoms with Crippen molar-refractivity contribution in [2.24, 2.45) is 0 Å². The number of halogens is 1. The Morgan fingerprint density at radius 2 is 2.36 bits per heavy atom. The van der Waals surface area contributed by atoms with Gasteiger partial charge in [-0.15, -0.1) is 0 Å². The van der Waals surface area contributed by atoms with Crippen LogP contribution in [0.1, 0.15) is 5.56 Å². The molecule has 0 atom stereocenters. The second-order valence-electron chi connectivity index (χ2n) is 2.06. The van der Waals surface area contributed by atoms with E-state index in [9.17, 15) is 10.1 Å². The molecule has 1 aromatic rings. The van der Waals surface area contributed by atoms with Crippen LogP contribution in [0.15, 0.2) is 12.1 Å². The quantitative estimate of drug-likeness (QED) is 0.480. The van der Waals surface area contributed by atoms with Gasteiger partial charge in [-0.1, -0.05) is 17.7 Å². The van der Waals surface area contributed by atoms with Gasteiger partial charge >= 0.3 is 0 Å². The second kappa shape index (κ2) is 2.88. The molecule has 3 nitrogen and oxygen atoms in total. The van der Waals surface area contributed by atoms with Crippen LogP contribution >= 0.6 is 11.6 Å². The first-order valence-electron chi connectivity index (χ1n) is 2.94. The highest BCUT2D eigenvalue weighted by Crippen LogP contribution is 2.26. The molecule has 0 heterocycles. The van der Waals surface area contributed by atoms with E-state index in [-0.39, 0.29) is 10.7 Å². The number of aryl methyl sites for hydroxylation is 1. The predicted octanol–water partition coefficient (Wildman–Crippen LogP) is 2.36. The summed E-state index contributed by atoms with van der Waals surface area (Å²) in [5, 5.41) is 10.5. The molecule has 0 saturated heterocycles. The molecule has 1 rings (SSSR count). The predicted molar refractivity (Wildman–Crippen MR) is 41.7 cm³/mol. The van der Waals surface area contributed by atoms with E-state index in [1.165, 1.54) is 6.07 Å². The van der Waals surface area contributed by atoms with E-state index in [2.05, 4.69) is 6.07 Å². The van der Waals surface area contributed by atoms with Gasteiger partial charge in [0.05, 0.1) is 4.92 Å². The Kier molecular flexibility index (Phi) is 2.10. The van der Waals surface area contributed by atoms with Crippen molar-refractivity contribution in [3.63, 3.8) is 0 Å². The fourth-order valence-corrected chi connectivity index (χ4v) is 1.06. The average Bonchev–Trinajstić information content (AvgIpc) is 1.85. The zero-order valence-corrected chi connectivity index (χ0v) is 6.55. The monoisotopic (exact) mass is 170 g/mol. The fourth-order valence-electron chi connectivity index (χ4n) is 0.790. The number of nitro benzene ring substituents is 1. The highest BCUT2D eigenvalue weighted by atomic mass is 35.5. The number of benzene rings is 1. The van der Waals surface area contributed by atoms with Gasteiger partial charge in [-0.25, -0.2) is 0 Å². The van der Waals surface area contributed by atoms with Gasteiger partial charge in [0, 0.05) is 5.56 Å². The van der Waals surface area contributed by atoms with Crippen molar-refractivity contribution in [3.05, 3.63) is 38.9 Å². The van der Waals surface area contributed by atoms with Crippen LogP contribution in [-0.4, -0.2) is 4.92 Å². The standard InChI is InChI=1S/C7H5ClNO2/c1-5-3-2-4-6(8)7(5)9(10)11/h2,4H,1H3. The molecule has 0 bridgehead atoms. The molecular weight excluding hydrogens is 166 g/mol. The average molecular weight is 171 g/mol. The summed E-state index contributed by atoms with van der Waals surface area (Å²) in [7, 11) is 0. The third kappa shape index (κ3) is 1.49. The maximum atomic E-state index is 10.3. The highest BCUT2D eigenvalue weighted by molar-refractivity contribution is 6.32. The summed E-state index contributed by atoms with van der Waals surface area (Å²) in [4.78, 5) is 9.84.